The van der Waals surface area contributed by atoms with Gasteiger partial charge in [0, 0.05) is 30.2 Å². The van der Waals surface area contributed by atoms with Crippen molar-refractivity contribution < 1.29 is 14.6 Å². The maximum absolute atomic E-state index is 12.0. The average molecular weight is 292 g/mol. The lowest BCUT2D eigenvalue weighted by atomic mass is 9.94. The third-order valence-electron chi connectivity index (χ3n) is 4.00. The summed E-state index contributed by atoms with van der Waals surface area (Å²) in [4.78, 5) is 12.0. The number of ether oxygens (including phenoxy) is 1. The topological polar surface area (TPSA) is 70.6 Å². The summed E-state index contributed by atoms with van der Waals surface area (Å²) in [5.74, 6) is 1.08. The van der Waals surface area contributed by atoms with Gasteiger partial charge in [0.1, 0.15) is 5.75 Å². The van der Waals surface area contributed by atoms with Crippen LogP contribution in [0.15, 0.2) is 24.3 Å². The summed E-state index contributed by atoms with van der Waals surface area (Å²) in [6.07, 6.45) is 1.38. The number of fused-ring (bicyclic) bond motifs is 1. The maximum atomic E-state index is 12.0. The Morgan fingerprint density at radius 3 is 2.90 bits per heavy atom. The fourth-order valence-corrected chi connectivity index (χ4v) is 2.67. The van der Waals surface area contributed by atoms with Crippen molar-refractivity contribution in [3.63, 3.8) is 0 Å². The zero-order chi connectivity index (χ0) is 15.2. The predicted octanol–water partition coefficient (Wildman–Crippen LogP) is 2.01. The third kappa shape index (κ3) is 3.88. The number of rotatable bonds is 6. The van der Waals surface area contributed by atoms with Crippen molar-refractivity contribution in [3.05, 3.63) is 29.8 Å². The van der Waals surface area contributed by atoms with Gasteiger partial charge < -0.3 is 20.5 Å². The number of urea groups is 1. The van der Waals surface area contributed by atoms with Gasteiger partial charge in [-0.1, -0.05) is 25.1 Å². The largest absolute Gasteiger partial charge is 0.493 e. The molecule has 0 radical (unpaired) electrons. The molecule has 1 aromatic rings. The molecule has 2 rings (SSSR count). The summed E-state index contributed by atoms with van der Waals surface area (Å²) < 4.78 is 5.65. The molecule has 1 heterocycles. The monoisotopic (exact) mass is 292 g/mol. The van der Waals surface area contributed by atoms with Crippen LogP contribution in [0.3, 0.4) is 0 Å². The van der Waals surface area contributed by atoms with Crippen LogP contribution in [0.2, 0.25) is 0 Å². The molecule has 0 saturated carbocycles. The minimum Gasteiger partial charge on any atom is -0.493 e. The molecule has 5 heteroatoms. The van der Waals surface area contributed by atoms with E-state index < -0.39 is 0 Å². The zero-order valence-corrected chi connectivity index (χ0v) is 12.6. The first-order valence-electron chi connectivity index (χ1n) is 7.55. The average Bonchev–Trinajstić information content (AvgIpc) is 2.90. The van der Waals surface area contributed by atoms with Crippen molar-refractivity contribution in [2.75, 3.05) is 13.2 Å². The molecule has 0 bridgehead atoms. The van der Waals surface area contributed by atoms with Gasteiger partial charge in [0.25, 0.3) is 0 Å². The van der Waals surface area contributed by atoms with Crippen LogP contribution in [-0.2, 0) is 0 Å². The maximum Gasteiger partial charge on any atom is 0.315 e. The van der Waals surface area contributed by atoms with E-state index in [2.05, 4.69) is 10.6 Å². The Labute approximate surface area is 125 Å². The molecule has 0 aromatic heterocycles. The van der Waals surface area contributed by atoms with Crippen LogP contribution in [0, 0.1) is 0 Å². The van der Waals surface area contributed by atoms with E-state index in [-0.39, 0.29) is 30.6 Å². The fraction of sp³-hybridized carbons (Fsp3) is 0.562. The van der Waals surface area contributed by atoms with Crippen molar-refractivity contribution in [1.29, 1.82) is 0 Å². The van der Waals surface area contributed by atoms with E-state index in [1.807, 2.05) is 38.1 Å². The Morgan fingerprint density at radius 1 is 1.43 bits per heavy atom. The van der Waals surface area contributed by atoms with Gasteiger partial charge in [0.05, 0.1) is 6.61 Å². The SMILES string of the molecule is CCC(CCO)NC(=O)NC(C)C1COc2ccccc21. The predicted molar refractivity (Wildman–Crippen MR) is 81.6 cm³/mol. The number of hydrogen-bond acceptors (Lipinski definition) is 3. The van der Waals surface area contributed by atoms with Crippen LogP contribution in [0.1, 0.15) is 38.2 Å². The minimum atomic E-state index is -0.188. The number of carbonyl (C=O) groups is 1. The van der Waals surface area contributed by atoms with E-state index in [9.17, 15) is 4.79 Å². The lowest BCUT2D eigenvalue weighted by Crippen LogP contribution is -2.47. The first kappa shape index (κ1) is 15.6. The van der Waals surface area contributed by atoms with Gasteiger partial charge in [-0.15, -0.1) is 0 Å². The highest BCUT2D eigenvalue weighted by atomic mass is 16.5. The number of amides is 2. The number of benzene rings is 1. The van der Waals surface area contributed by atoms with Crippen molar-refractivity contribution in [2.24, 2.45) is 0 Å². The van der Waals surface area contributed by atoms with Gasteiger partial charge in [-0.25, -0.2) is 4.79 Å². The van der Waals surface area contributed by atoms with Crippen molar-refractivity contribution in [1.82, 2.24) is 10.6 Å². The van der Waals surface area contributed by atoms with Gasteiger partial charge in [0.2, 0.25) is 0 Å². The Hall–Kier alpha value is -1.75. The second-order valence-electron chi connectivity index (χ2n) is 5.48. The summed E-state index contributed by atoms with van der Waals surface area (Å²) in [5.41, 5.74) is 1.15. The molecule has 3 atom stereocenters. The molecule has 3 unspecified atom stereocenters. The number of para-hydroxylation sites is 1. The quantitative estimate of drug-likeness (QED) is 0.751. The van der Waals surface area contributed by atoms with Gasteiger partial charge in [-0.05, 0) is 25.8 Å². The van der Waals surface area contributed by atoms with E-state index in [4.69, 9.17) is 9.84 Å². The Bertz CT molecular complexity index is 478. The number of aliphatic hydroxyl groups excluding tert-OH is 1. The Balaban J connectivity index is 1.90. The van der Waals surface area contributed by atoms with Crippen LogP contribution < -0.4 is 15.4 Å². The summed E-state index contributed by atoms with van der Waals surface area (Å²) in [6.45, 7) is 4.65. The van der Waals surface area contributed by atoms with E-state index in [1.54, 1.807) is 0 Å². The molecule has 21 heavy (non-hydrogen) atoms. The number of carbonyl (C=O) groups excluding carboxylic acids is 1. The molecule has 0 spiro atoms. The van der Waals surface area contributed by atoms with Gasteiger partial charge in [0.15, 0.2) is 0 Å². The van der Waals surface area contributed by atoms with E-state index in [0.717, 1.165) is 17.7 Å². The van der Waals surface area contributed by atoms with Gasteiger partial charge in [-0.2, -0.15) is 0 Å². The molecule has 5 nitrogen and oxygen atoms in total. The molecule has 1 aromatic carbocycles. The van der Waals surface area contributed by atoms with Crippen molar-refractivity contribution in [3.8, 4) is 5.75 Å². The van der Waals surface area contributed by atoms with Gasteiger partial charge >= 0.3 is 6.03 Å². The second-order valence-corrected chi connectivity index (χ2v) is 5.48. The molecule has 1 aliphatic rings. The molecule has 0 aliphatic carbocycles. The molecule has 116 valence electrons. The van der Waals surface area contributed by atoms with Gasteiger partial charge in [-0.3, -0.25) is 0 Å². The van der Waals surface area contributed by atoms with Crippen LogP contribution in [-0.4, -0.2) is 36.4 Å². The second kappa shape index (κ2) is 7.31. The first-order chi connectivity index (χ1) is 10.2. The molecule has 1 aliphatic heterocycles. The lowest BCUT2D eigenvalue weighted by molar-refractivity contribution is 0.221. The molecule has 0 saturated heterocycles. The molecular weight excluding hydrogens is 268 g/mol. The van der Waals surface area contributed by atoms with E-state index in [1.165, 1.54) is 0 Å². The Morgan fingerprint density at radius 2 is 2.19 bits per heavy atom. The number of hydrogen-bond donors (Lipinski definition) is 3. The van der Waals surface area contributed by atoms with Crippen LogP contribution in [0.4, 0.5) is 4.79 Å². The van der Waals surface area contributed by atoms with E-state index >= 15 is 0 Å². The highest BCUT2D eigenvalue weighted by Crippen LogP contribution is 2.35. The lowest BCUT2D eigenvalue weighted by Gasteiger charge is -2.22. The van der Waals surface area contributed by atoms with E-state index in [0.29, 0.717) is 13.0 Å². The van der Waals surface area contributed by atoms with Crippen molar-refractivity contribution in [2.45, 2.75) is 44.7 Å². The normalized spacial score (nSPS) is 19.3. The Kier molecular flexibility index (Phi) is 5.44. The zero-order valence-electron chi connectivity index (χ0n) is 12.6. The highest BCUT2D eigenvalue weighted by molar-refractivity contribution is 5.74. The molecule has 0 fully saturated rings. The first-order valence-corrected chi connectivity index (χ1v) is 7.55. The standard InChI is InChI=1S/C16H24N2O3/c1-3-12(8-9-19)18-16(20)17-11(2)14-10-21-15-7-5-4-6-13(14)15/h4-7,11-12,14,19H,3,8-10H2,1-2H3,(H2,17,18,20). The van der Waals surface area contributed by atoms with Crippen LogP contribution in [0.25, 0.3) is 0 Å². The number of aliphatic hydroxyl groups is 1. The smallest absolute Gasteiger partial charge is 0.315 e. The molecular formula is C16H24N2O3. The summed E-state index contributed by atoms with van der Waals surface area (Å²) in [5, 5.41) is 14.8. The summed E-state index contributed by atoms with van der Waals surface area (Å²) in [6, 6.07) is 7.75. The summed E-state index contributed by atoms with van der Waals surface area (Å²) >= 11 is 0. The highest BCUT2D eigenvalue weighted by Gasteiger charge is 2.29. The molecule has 2 amide bonds. The van der Waals surface area contributed by atoms with Crippen molar-refractivity contribution >= 4 is 6.03 Å². The third-order valence-corrected chi connectivity index (χ3v) is 4.00. The van der Waals surface area contributed by atoms with Crippen LogP contribution in [0.5, 0.6) is 5.75 Å². The minimum absolute atomic E-state index is 0.00862. The molecule has 3 N–H and O–H groups in total. The van der Waals surface area contributed by atoms with Crippen LogP contribution >= 0.6 is 0 Å². The summed E-state index contributed by atoms with van der Waals surface area (Å²) in [7, 11) is 0. The fourth-order valence-electron chi connectivity index (χ4n) is 2.67. The number of nitrogens with one attached hydrogen (secondary N) is 2.